The van der Waals surface area contributed by atoms with Gasteiger partial charge in [-0.1, -0.05) is 36.4 Å². The van der Waals surface area contributed by atoms with Crippen LogP contribution < -0.4 is 26.4 Å². The third-order valence-electron chi connectivity index (χ3n) is 3.77. The van der Waals surface area contributed by atoms with Gasteiger partial charge in [-0.2, -0.15) is 0 Å². The molecular weight excluding hydrogens is 406 g/mol. The molecule has 2 aromatic carbocycles. The first kappa shape index (κ1) is 21.0. The van der Waals surface area contributed by atoms with Gasteiger partial charge in [0.05, 0.1) is 4.92 Å². The van der Waals surface area contributed by atoms with Gasteiger partial charge in [-0.3, -0.25) is 41.4 Å². The highest BCUT2D eigenvalue weighted by molar-refractivity contribution is 5.95. The number of benzene rings is 2. The highest BCUT2D eigenvalue weighted by Gasteiger charge is 2.24. The summed E-state index contributed by atoms with van der Waals surface area (Å²) in [6.45, 7) is -0.325. The fraction of sp³-hybridized carbons (Fsp3) is 0.0526. The van der Waals surface area contributed by atoms with Crippen LogP contribution in [0.25, 0.3) is 0 Å². The summed E-state index contributed by atoms with van der Waals surface area (Å²) in [6.07, 6.45) is 1.03. The number of para-hydroxylation sites is 1. The Balaban J connectivity index is 1.62. The molecule has 0 bridgehead atoms. The van der Waals surface area contributed by atoms with Gasteiger partial charge in [0.1, 0.15) is 12.1 Å². The van der Waals surface area contributed by atoms with E-state index < -0.39 is 22.4 Å². The van der Waals surface area contributed by atoms with Gasteiger partial charge < -0.3 is 4.74 Å². The van der Waals surface area contributed by atoms with Crippen molar-refractivity contribution in [2.24, 2.45) is 0 Å². The van der Waals surface area contributed by atoms with Crippen LogP contribution in [0.1, 0.15) is 10.4 Å². The average Bonchev–Trinajstić information content (AvgIpc) is 2.80. The molecule has 158 valence electrons. The minimum atomic E-state index is -0.758. The predicted molar refractivity (Wildman–Crippen MR) is 110 cm³/mol. The van der Waals surface area contributed by atoms with Crippen LogP contribution in [0.4, 0.5) is 17.3 Å². The first-order valence-corrected chi connectivity index (χ1v) is 8.88. The maximum atomic E-state index is 12.1. The fourth-order valence-electron chi connectivity index (χ4n) is 2.34. The minimum absolute atomic E-state index is 0.276. The van der Waals surface area contributed by atoms with Gasteiger partial charge in [0.15, 0.2) is 6.61 Å². The topological polar surface area (TPSA) is 160 Å². The quantitative estimate of drug-likeness (QED) is 0.296. The van der Waals surface area contributed by atoms with Crippen LogP contribution in [0.3, 0.4) is 0 Å². The summed E-state index contributed by atoms with van der Waals surface area (Å²) in [5.41, 5.74) is 9.10. The molecule has 0 atom stereocenters. The smallest absolute Gasteiger partial charge is 0.356 e. The van der Waals surface area contributed by atoms with Crippen molar-refractivity contribution in [3.05, 3.63) is 82.7 Å². The number of hydrogen-bond donors (Lipinski definition) is 4. The molecule has 4 N–H and O–H groups in total. The van der Waals surface area contributed by atoms with Crippen LogP contribution in [0.5, 0.6) is 5.75 Å². The molecular formula is C19H17N7O5. The zero-order chi connectivity index (χ0) is 22.1. The summed E-state index contributed by atoms with van der Waals surface area (Å²) in [4.78, 5) is 42.3. The van der Waals surface area contributed by atoms with Crippen molar-refractivity contribution < 1.29 is 19.2 Å². The lowest BCUT2D eigenvalue weighted by molar-refractivity contribution is -0.383. The van der Waals surface area contributed by atoms with E-state index in [1.165, 1.54) is 0 Å². The van der Waals surface area contributed by atoms with Crippen molar-refractivity contribution in [2.75, 3.05) is 17.5 Å². The molecule has 0 radical (unpaired) electrons. The summed E-state index contributed by atoms with van der Waals surface area (Å²) >= 11 is 0. The molecule has 0 fully saturated rings. The van der Waals surface area contributed by atoms with Crippen molar-refractivity contribution in [3.63, 3.8) is 0 Å². The van der Waals surface area contributed by atoms with E-state index in [2.05, 4.69) is 31.7 Å². The molecule has 0 spiro atoms. The van der Waals surface area contributed by atoms with E-state index >= 15 is 0 Å². The Morgan fingerprint density at radius 3 is 2.10 bits per heavy atom. The Morgan fingerprint density at radius 1 is 0.903 bits per heavy atom. The molecule has 0 aliphatic rings. The van der Waals surface area contributed by atoms with Crippen molar-refractivity contribution in [3.8, 4) is 5.75 Å². The number of ether oxygens (including phenoxy) is 1. The average molecular weight is 423 g/mol. The lowest BCUT2D eigenvalue weighted by atomic mass is 10.2. The number of nitrogens with zero attached hydrogens (tertiary/aromatic N) is 3. The standard InChI is InChI=1S/C19H17N7O5/c27-15(11-31-14-9-5-2-6-10-14)22-23-17-16(26(29)30)18(21-12-20-17)24-25-19(28)13-7-3-1-4-8-13/h1-10,12H,11H2,(H,22,27)(H,25,28)(H2,20,21,23,24). The molecule has 0 aliphatic heterocycles. The van der Waals surface area contributed by atoms with Gasteiger partial charge in [-0.25, -0.2) is 9.97 Å². The Labute approximate surface area is 175 Å². The fourth-order valence-corrected chi connectivity index (χ4v) is 2.34. The molecule has 1 aromatic heterocycles. The number of rotatable bonds is 9. The monoisotopic (exact) mass is 423 g/mol. The number of nitrogens with one attached hydrogen (secondary N) is 4. The predicted octanol–water partition coefficient (Wildman–Crippen LogP) is 1.66. The normalized spacial score (nSPS) is 9.94. The molecule has 3 rings (SSSR count). The van der Waals surface area contributed by atoms with Crippen molar-refractivity contribution in [1.82, 2.24) is 20.8 Å². The Hall–Kier alpha value is -4.74. The summed E-state index contributed by atoms with van der Waals surface area (Å²) in [5, 5.41) is 11.5. The van der Waals surface area contributed by atoms with E-state index in [4.69, 9.17) is 4.74 Å². The van der Waals surface area contributed by atoms with Crippen LogP contribution in [0.15, 0.2) is 67.0 Å². The van der Waals surface area contributed by atoms with Crippen LogP contribution in [0.2, 0.25) is 0 Å². The number of hydrogen-bond acceptors (Lipinski definition) is 9. The van der Waals surface area contributed by atoms with Gasteiger partial charge in [0.25, 0.3) is 11.8 Å². The first-order valence-electron chi connectivity index (χ1n) is 8.88. The highest BCUT2D eigenvalue weighted by atomic mass is 16.6. The van der Waals surface area contributed by atoms with Gasteiger partial charge in [-0.05, 0) is 24.3 Å². The van der Waals surface area contributed by atoms with E-state index in [0.29, 0.717) is 11.3 Å². The molecule has 3 aromatic rings. The molecule has 12 heteroatoms. The van der Waals surface area contributed by atoms with Crippen LogP contribution in [-0.2, 0) is 4.79 Å². The van der Waals surface area contributed by atoms with E-state index in [1.54, 1.807) is 60.7 Å². The number of carbonyl (C=O) groups excluding carboxylic acids is 2. The largest absolute Gasteiger partial charge is 0.484 e. The van der Waals surface area contributed by atoms with Crippen molar-refractivity contribution in [1.29, 1.82) is 0 Å². The third-order valence-corrected chi connectivity index (χ3v) is 3.77. The molecule has 0 saturated heterocycles. The third kappa shape index (κ3) is 5.87. The molecule has 12 nitrogen and oxygen atoms in total. The highest BCUT2D eigenvalue weighted by Crippen LogP contribution is 2.27. The van der Waals surface area contributed by atoms with Crippen molar-refractivity contribution >= 4 is 29.1 Å². The molecule has 0 aliphatic carbocycles. The summed E-state index contributed by atoms with van der Waals surface area (Å²) in [5.74, 6) is -1.18. The summed E-state index contributed by atoms with van der Waals surface area (Å²) in [7, 11) is 0. The van der Waals surface area contributed by atoms with Crippen LogP contribution in [0, 0.1) is 10.1 Å². The number of anilines is 2. The molecule has 2 amide bonds. The number of carbonyl (C=O) groups is 2. The second-order valence-electron chi connectivity index (χ2n) is 5.90. The Bertz CT molecular complexity index is 1060. The maximum Gasteiger partial charge on any atom is 0.356 e. The molecule has 1 heterocycles. The number of hydrazine groups is 2. The van der Waals surface area contributed by atoms with E-state index in [0.717, 1.165) is 6.33 Å². The lowest BCUT2D eigenvalue weighted by Crippen LogP contribution is -2.34. The summed E-state index contributed by atoms with van der Waals surface area (Å²) in [6, 6.07) is 16.9. The number of amides is 2. The first-order chi connectivity index (χ1) is 15.0. The van der Waals surface area contributed by atoms with Crippen LogP contribution >= 0.6 is 0 Å². The van der Waals surface area contributed by atoms with Gasteiger partial charge in [0.2, 0.25) is 11.6 Å². The lowest BCUT2D eigenvalue weighted by Gasteiger charge is -2.12. The Kier molecular flexibility index (Phi) is 6.87. The van der Waals surface area contributed by atoms with Gasteiger partial charge in [0, 0.05) is 5.56 Å². The van der Waals surface area contributed by atoms with E-state index in [9.17, 15) is 19.7 Å². The van der Waals surface area contributed by atoms with Gasteiger partial charge >= 0.3 is 5.69 Å². The maximum absolute atomic E-state index is 12.1. The molecule has 0 saturated carbocycles. The second-order valence-corrected chi connectivity index (χ2v) is 5.90. The van der Waals surface area contributed by atoms with E-state index in [-0.39, 0.29) is 18.2 Å². The number of nitro groups is 1. The van der Waals surface area contributed by atoms with Crippen LogP contribution in [-0.4, -0.2) is 33.3 Å². The minimum Gasteiger partial charge on any atom is -0.484 e. The second kappa shape index (κ2) is 10.2. The molecule has 0 unspecified atom stereocenters. The number of aromatic nitrogens is 2. The zero-order valence-corrected chi connectivity index (χ0v) is 15.9. The van der Waals surface area contributed by atoms with E-state index in [1.807, 2.05) is 0 Å². The summed E-state index contributed by atoms with van der Waals surface area (Å²) < 4.78 is 5.29. The van der Waals surface area contributed by atoms with Gasteiger partial charge in [-0.15, -0.1) is 0 Å². The SMILES string of the molecule is O=C(COc1ccccc1)NNc1ncnc(NNC(=O)c2ccccc2)c1[N+](=O)[O-]. The molecule has 31 heavy (non-hydrogen) atoms. The Morgan fingerprint density at radius 2 is 1.48 bits per heavy atom. The van der Waals surface area contributed by atoms with Crippen molar-refractivity contribution in [2.45, 2.75) is 0 Å². The zero-order valence-electron chi connectivity index (χ0n) is 15.9.